The van der Waals surface area contributed by atoms with Crippen molar-refractivity contribution >= 4 is 8.72 Å². The van der Waals surface area contributed by atoms with Gasteiger partial charge in [0.25, 0.3) is 0 Å². The third-order valence-electron chi connectivity index (χ3n) is 5.34. The van der Waals surface area contributed by atoms with Gasteiger partial charge in [0.2, 0.25) is 0 Å². The fraction of sp³-hybridized carbons (Fsp3) is 1.00. The van der Waals surface area contributed by atoms with Gasteiger partial charge in [-0.05, 0) is 32.6 Å². The number of piperidine rings is 1. The minimum absolute atomic E-state index is 0.0519. The number of rotatable bonds is 5. The predicted molar refractivity (Wildman–Crippen MR) is 83.3 cm³/mol. The van der Waals surface area contributed by atoms with Crippen molar-refractivity contribution in [3.8, 4) is 0 Å². The third-order valence-corrected chi connectivity index (χ3v) is 10.2. The molecule has 0 spiro atoms. The molecule has 1 rings (SSSR count). The average Bonchev–Trinajstić information content (AvgIpc) is 2.33. The van der Waals surface area contributed by atoms with E-state index in [-0.39, 0.29) is 5.04 Å². The monoisotopic (exact) mass is 287 g/mol. The van der Waals surface area contributed by atoms with E-state index in [1.165, 1.54) is 19.3 Å². The zero-order valence-corrected chi connectivity index (χ0v) is 15.1. The molecule has 1 aliphatic heterocycles. The highest BCUT2D eigenvalue weighted by Gasteiger charge is 2.60. The van der Waals surface area contributed by atoms with Crippen LogP contribution >= 0.6 is 0 Å². The minimum Gasteiger partial charge on any atom is -0.386 e. The Kier molecular flexibility index (Phi) is 5.64. The molecule has 0 aromatic rings. The molecule has 0 radical (unpaired) electrons. The third kappa shape index (κ3) is 2.78. The van der Waals surface area contributed by atoms with Gasteiger partial charge >= 0.3 is 8.72 Å². The Labute approximate surface area is 121 Å². The quantitative estimate of drug-likeness (QED) is 0.715. The molecule has 1 saturated heterocycles. The number of hydrogen-bond donors (Lipinski definition) is 0. The zero-order chi connectivity index (χ0) is 14.8. The van der Waals surface area contributed by atoms with E-state index in [0.717, 1.165) is 0 Å². The highest BCUT2D eigenvalue weighted by Crippen LogP contribution is 2.49. The van der Waals surface area contributed by atoms with Crippen molar-refractivity contribution in [3.63, 3.8) is 0 Å². The fourth-order valence-corrected chi connectivity index (χ4v) is 7.97. The molecule has 0 aliphatic carbocycles. The second kappa shape index (κ2) is 6.25. The van der Waals surface area contributed by atoms with Gasteiger partial charge in [-0.15, -0.1) is 0 Å². The van der Waals surface area contributed by atoms with Crippen molar-refractivity contribution in [2.24, 2.45) is 5.92 Å². The summed E-state index contributed by atoms with van der Waals surface area (Å²) >= 11 is 0. The van der Waals surface area contributed by atoms with Crippen molar-refractivity contribution in [2.45, 2.75) is 77.9 Å². The van der Waals surface area contributed by atoms with Crippen molar-refractivity contribution in [1.82, 2.24) is 4.57 Å². The van der Waals surface area contributed by atoms with Crippen LogP contribution in [0.2, 0.25) is 5.04 Å². The van der Waals surface area contributed by atoms with Crippen LogP contribution < -0.4 is 0 Å². The topological polar surface area (TPSA) is 21.7 Å². The van der Waals surface area contributed by atoms with E-state index in [1.54, 1.807) is 0 Å². The van der Waals surface area contributed by atoms with Gasteiger partial charge in [0.05, 0.1) is 0 Å². The van der Waals surface area contributed by atoms with E-state index in [9.17, 15) is 0 Å². The van der Waals surface area contributed by atoms with Gasteiger partial charge < -0.3 is 8.85 Å². The Morgan fingerprint density at radius 2 is 1.47 bits per heavy atom. The number of hydrogen-bond acceptors (Lipinski definition) is 3. The van der Waals surface area contributed by atoms with Crippen LogP contribution in [0.1, 0.15) is 60.8 Å². The highest BCUT2D eigenvalue weighted by molar-refractivity contribution is 6.68. The largest absolute Gasteiger partial charge is 0.433 e. The zero-order valence-electron chi connectivity index (χ0n) is 14.1. The second-order valence-corrected chi connectivity index (χ2v) is 10.7. The van der Waals surface area contributed by atoms with Crippen LogP contribution in [-0.4, -0.2) is 39.6 Å². The molecular formula is C15H33NO2Si. The van der Waals surface area contributed by atoms with Gasteiger partial charge in [-0.2, -0.15) is 0 Å². The molecule has 0 amide bonds. The molecule has 0 saturated carbocycles. The summed E-state index contributed by atoms with van der Waals surface area (Å²) in [5.41, 5.74) is 0. The summed E-state index contributed by atoms with van der Waals surface area (Å²) in [5, 5.41) is 0.0519. The Morgan fingerprint density at radius 1 is 1.05 bits per heavy atom. The molecule has 0 aromatic carbocycles. The Morgan fingerprint density at radius 3 is 1.79 bits per heavy atom. The van der Waals surface area contributed by atoms with Gasteiger partial charge in [0.1, 0.15) is 0 Å². The second-order valence-electron chi connectivity index (χ2n) is 6.90. The Bertz CT molecular complexity index is 280. The first-order valence-corrected chi connectivity index (χ1v) is 9.39. The van der Waals surface area contributed by atoms with Crippen LogP contribution in [-0.2, 0) is 8.85 Å². The van der Waals surface area contributed by atoms with Crippen LogP contribution in [0.15, 0.2) is 0 Å². The lowest BCUT2D eigenvalue weighted by Gasteiger charge is -2.55. The maximum atomic E-state index is 6.14. The fourth-order valence-electron chi connectivity index (χ4n) is 3.52. The summed E-state index contributed by atoms with van der Waals surface area (Å²) in [4.78, 5) is 0. The maximum absolute atomic E-state index is 6.14. The summed E-state index contributed by atoms with van der Waals surface area (Å²) in [5.74, 6) is 0.528. The molecular weight excluding hydrogens is 254 g/mol. The van der Waals surface area contributed by atoms with Gasteiger partial charge in [-0.25, -0.2) is 0 Å². The summed E-state index contributed by atoms with van der Waals surface area (Å²) in [7, 11) is 1.26. The van der Waals surface area contributed by atoms with E-state index in [1.807, 2.05) is 14.2 Å². The van der Waals surface area contributed by atoms with Crippen LogP contribution in [0.5, 0.6) is 0 Å². The van der Waals surface area contributed by atoms with Gasteiger partial charge in [0.15, 0.2) is 0 Å². The first kappa shape index (κ1) is 17.1. The van der Waals surface area contributed by atoms with Gasteiger partial charge in [-0.1, -0.05) is 34.1 Å². The molecule has 114 valence electrons. The molecule has 1 aliphatic rings. The maximum Gasteiger partial charge on any atom is 0.433 e. The smallest absolute Gasteiger partial charge is 0.386 e. The standard InChI is InChI=1S/C15H33NO2Si/c1-12(2)15(5,6)19(17-7,18-8)16-13(3)10-9-11-14(16)4/h12-14H,9-11H2,1-8H3. The molecule has 1 fully saturated rings. The van der Waals surface area contributed by atoms with Crippen LogP contribution in [0.4, 0.5) is 0 Å². The van der Waals surface area contributed by atoms with Gasteiger partial charge in [-0.3, -0.25) is 4.57 Å². The van der Waals surface area contributed by atoms with Crippen LogP contribution in [0.3, 0.4) is 0 Å². The van der Waals surface area contributed by atoms with E-state index in [4.69, 9.17) is 8.85 Å². The highest BCUT2D eigenvalue weighted by atomic mass is 28.4. The number of nitrogens with zero attached hydrogens (tertiary/aromatic N) is 1. The van der Waals surface area contributed by atoms with E-state index >= 15 is 0 Å². The molecule has 2 unspecified atom stereocenters. The van der Waals surface area contributed by atoms with Crippen molar-refractivity contribution in [1.29, 1.82) is 0 Å². The van der Waals surface area contributed by atoms with E-state index < -0.39 is 8.72 Å². The minimum atomic E-state index is -2.43. The summed E-state index contributed by atoms with van der Waals surface area (Å²) < 4.78 is 14.9. The van der Waals surface area contributed by atoms with E-state index in [0.29, 0.717) is 18.0 Å². The lowest BCUT2D eigenvalue weighted by atomic mass is 9.99. The first-order valence-electron chi connectivity index (χ1n) is 7.63. The molecule has 2 atom stereocenters. The summed E-state index contributed by atoms with van der Waals surface area (Å²) in [6.07, 6.45) is 3.82. The molecule has 0 aromatic heterocycles. The molecule has 3 nitrogen and oxygen atoms in total. The van der Waals surface area contributed by atoms with Crippen LogP contribution in [0, 0.1) is 5.92 Å². The van der Waals surface area contributed by atoms with Crippen LogP contribution in [0.25, 0.3) is 0 Å². The SMILES string of the molecule is CO[Si](OC)(N1C(C)CCCC1C)C(C)(C)C(C)C. The lowest BCUT2D eigenvalue weighted by Crippen LogP contribution is -2.70. The van der Waals surface area contributed by atoms with E-state index in [2.05, 4.69) is 46.1 Å². The normalized spacial score (nSPS) is 27.0. The van der Waals surface area contributed by atoms with Crippen molar-refractivity contribution in [2.75, 3.05) is 14.2 Å². The average molecular weight is 288 g/mol. The van der Waals surface area contributed by atoms with Gasteiger partial charge in [0, 0.05) is 31.3 Å². The molecule has 4 heteroatoms. The Balaban J connectivity index is 3.24. The predicted octanol–water partition coefficient (Wildman–Crippen LogP) is 3.92. The van der Waals surface area contributed by atoms with Crippen molar-refractivity contribution in [3.05, 3.63) is 0 Å². The molecule has 19 heavy (non-hydrogen) atoms. The van der Waals surface area contributed by atoms with Crippen molar-refractivity contribution < 1.29 is 8.85 Å². The molecule has 0 N–H and O–H groups in total. The lowest BCUT2D eigenvalue weighted by molar-refractivity contribution is 0.0620. The summed E-state index contributed by atoms with van der Waals surface area (Å²) in [6.45, 7) is 13.8. The first-order chi connectivity index (χ1) is 8.74. The Hall–Kier alpha value is 0.0969. The molecule has 1 heterocycles. The molecule has 0 bridgehead atoms. The summed E-state index contributed by atoms with van der Waals surface area (Å²) in [6, 6.07) is 1.10.